The van der Waals surface area contributed by atoms with Gasteiger partial charge in [0, 0.05) is 23.5 Å². The van der Waals surface area contributed by atoms with Crippen LogP contribution in [0.5, 0.6) is 0 Å². The van der Waals surface area contributed by atoms with Gasteiger partial charge in [0.25, 0.3) is 0 Å². The molecule has 1 aliphatic heterocycles. The Kier molecular flexibility index (Phi) is 3.72. The fourth-order valence-corrected chi connectivity index (χ4v) is 3.32. The molecule has 2 unspecified atom stereocenters. The number of hydrogen-bond acceptors (Lipinski definition) is 3. The van der Waals surface area contributed by atoms with E-state index < -0.39 is 5.97 Å². The molecule has 0 spiro atoms. The topological polar surface area (TPSA) is 53.7 Å². The number of furan rings is 1. The number of benzene rings is 1. The molecule has 0 bridgehead atoms. The number of likely N-dealkylation sites (tertiary alicyclic amines) is 1. The van der Waals surface area contributed by atoms with Gasteiger partial charge in [-0.2, -0.15) is 0 Å². The Labute approximate surface area is 124 Å². The molecule has 1 fully saturated rings. The van der Waals surface area contributed by atoms with Crippen molar-refractivity contribution in [1.82, 2.24) is 4.90 Å². The number of carboxylic acids is 1. The third kappa shape index (κ3) is 2.68. The van der Waals surface area contributed by atoms with Crippen molar-refractivity contribution >= 4 is 16.9 Å². The first-order valence-electron chi connectivity index (χ1n) is 7.54. The summed E-state index contributed by atoms with van der Waals surface area (Å²) in [4.78, 5) is 13.8. The van der Waals surface area contributed by atoms with Crippen LogP contribution in [-0.2, 0) is 6.54 Å². The highest BCUT2D eigenvalue weighted by Crippen LogP contribution is 2.30. The lowest BCUT2D eigenvalue weighted by Crippen LogP contribution is -2.39. The first kappa shape index (κ1) is 14.1. The van der Waals surface area contributed by atoms with E-state index in [2.05, 4.69) is 18.7 Å². The lowest BCUT2D eigenvalue weighted by Gasteiger charge is -2.36. The van der Waals surface area contributed by atoms with E-state index in [0.717, 1.165) is 29.8 Å². The predicted molar refractivity (Wildman–Crippen MR) is 81.4 cm³/mol. The van der Waals surface area contributed by atoms with Gasteiger partial charge in [0.15, 0.2) is 0 Å². The number of para-hydroxylation sites is 1. The molecular weight excluding hydrogens is 266 g/mol. The maximum atomic E-state index is 11.5. The van der Waals surface area contributed by atoms with E-state index in [0.29, 0.717) is 18.2 Å². The molecule has 4 nitrogen and oxygen atoms in total. The van der Waals surface area contributed by atoms with Crippen LogP contribution in [0, 0.1) is 5.92 Å². The van der Waals surface area contributed by atoms with Gasteiger partial charge in [-0.3, -0.25) is 4.90 Å². The zero-order chi connectivity index (χ0) is 15.0. The maximum absolute atomic E-state index is 11.5. The molecule has 0 saturated carbocycles. The number of carbonyl (C=O) groups is 1. The van der Waals surface area contributed by atoms with Gasteiger partial charge in [0.1, 0.15) is 5.58 Å². The Morgan fingerprint density at radius 3 is 2.86 bits per heavy atom. The molecule has 2 heterocycles. The number of hydrogen-bond donors (Lipinski definition) is 1. The Morgan fingerprint density at radius 2 is 2.14 bits per heavy atom. The van der Waals surface area contributed by atoms with Gasteiger partial charge in [0.2, 0.25) is 5.76 Å². The molecule has 0 radical (unpaired) electrons. The van der Waals surface area contributed by atoms with E-state index in [1.165, 1.54) is 6.42 Å². The van der Waals surface area contributed by atoms with Gasteiger partial charge in [0.05, 0.1) is 0 Å². The van der Waals surface area contributed by atoms with Crippen molar-refractivity contribution in [1.29, 1.82) is 0 Å². The second kappa shape index (κ2) is 5.53. The third-order valence-electron chi connectivity index (χ3n) is 4.53. The van der Waals surface area contributed by atoms with Crippen molar-refractivity contribution < 1.29 is 14.3 Å². The Balaban J connectivity index is 1.95. The molecule has 0 amide bonds. The van der Waals surface area contributed by atoms with Crippen LogP contribution in [0.2, 0.25) is 0 Å². The number of rotatable bonds is 3. The molecule has 21 heavy (non-hydrogen) atoms. The summed E-state index contributed by atoms with van der Waals surface area (Å²) in [7, 11) is 0. The molecule has 1 saturated heterocycles. The predicted octanol–water partition coefficient (Wildman–Crippen LogP) is 3.75. The van der Waals surface area contributed by atoms with Crippen LogP contribution in [0.15, 0.2) is 28.7 Å². The third-order valence-corrected chi connectivity index (χ3v) is 4.53. The summed E-state index contributed by atoms with van der Waals surface area (Å²) in [6.45, 7) is 6.16. The van der Waals surface area contributed by atoms with Gasteiger partial charge in [-0.25, -0.2) is 4.79 Å². The summed E-state index contributed by atoms with van der Waals surface area (Å²) in [5.74, 6) is -0.155. The fourth-order valence-electron chi connectivity index (χ4n) is 3.32. The average Bonchev–Trinajstić information content (AvgIpc) is 2.81. The van der Waals surface area contributed by atoms with Crippen LogP contribution in [0.3, 0.4) is 0 Å². The minimum Gasteiger partial charge on any atom is -0.475 e. The molecule has 0 aliphatic carbocycles. The molecule has 2 atom stereocenters. The van der Waals surface area contributed by atoms with Gasteiger partial charge in [-0.1, -0.05) is 25.1 Å². The van der Waals surface area contributed by atoms with E-state index in [1.54, 1.807) is 0 Å². The lowest BCUT2D eigenvalue weighted by molar-refractivity contribution is 0.0657. The van der Waals surface area contributed by atoms with Crippen LogP contribution in [0.25, 0.3) is 11.0 Å². The lowest BCUT2D eigenvalue weighted by atomic mass is 9.93. The zero-order valence-electron chi connectivity index (χ0n) is 12.5. The molecular formula is C17H21NO3. The van der Waals surface area contributed by atoms with Gasteiger partial charge < -0.3 is 9.52 Å². The summed E-state index contributed by atoms with van der Waals surface area (Å²) in [5.41, 5.74) is 1.46. The first-order chi connectivity index (χ1) is 10.1. The van der Waals surface area contributed by atoms with Crippen molar-refractivity contribution in [3.05, 3.63) is 35.6 Å². The number of piperidine rings is 1. The molecule has 4 heteroatoms. The highest BCUT2D eigenvalue weighted by molar-refractivity contribution is 5.95. The second-order valence-electron chi connectivity index (χ2n) is 6.16. The average molecular weight is 287 g/mol. The second-order valence-corrected chi connectivity index (χ2v) is 6.16. The number of carboxylic acid groups (broad SMARTS) is 1. The standard InChI is InChI=1S/C17H21NO3/c1-11-7-8-18(12(2)9-11)10-14-13-5-3-4-6-15(13)21-16(14)17(19)20/h3-6,11-12H,7-10H2,1-2H3,(H,19,20). The van der Waals surface area contributed by atoms with Gasteiger partial charge in [-0.05, 0) is 38.3 Å². The van der Waals surface area contributed by atoms with Crippen LogP contribution in [0.4, 0.5) is 0 Å². The van der Waals surface area contributed by atoms with Crippen LogP contribution < -0.4 is 0 Å². The maximum Gasteiger partial charge on any atom is 0.372 e. The monoisotopic (exact) mass is 287 g/mol. The smallest absolute Gasteiger partial charge is 0.372 e. The Hall–Kier alpha value is -1.81. The number of aromatic carboxylic acids is 1. The van der Waals surface area contributed by atoms with Crippen molar-refractivity contribution in [2.75, 3.05) is 6.54 Å². The van der Waals surface area contributed by atoms with Crippen molar-refractivity contribution in [3.8, 4) is 0 Å². The molecule has 1 aromatic heterocycles. The quantitative estimate of drug-likeness (QED) is 0.934. The summed E-state index contributed by atoms with van der Waals surface area (Å²) >= 11 is 0. The van der Waals surface area contributed by atoms with Crippen molar-refractivity contribution in [2.45, 2.75) is 39.3 Å². The summed E-state index contributed by atoms with van der Waals surface area (Å²) < 4.78 is 5.53. The molecule has 1 aliphatic rings. The van der Waals surface area contributed by atoms with Gasteiger partial charge >= 0.3 is 5.97 Å². The molecule has 3 rings (SSSR count). The normalized spacial score (nSPS) is 23.5. The van der Waals surface area contributed by atoms with E-state index in [9.17, 15) is 9.90 Å². The molecule has 112 valence electrons. The molecule has 2 aromatic rings. The van der Waals surface area contributed by atoms with E-state index in [-0.39, 0.29) is 5.76 Å². The summed E-state index contributed by atoms with van der Waals surface area (Å²) in [6.07, 6.45) is 2.33. The van der Waals surface area contributed by atoms with Crippen LogP contribution in [-0.4, -0.2) is 28.6 Å². The Morgan fingerprint density at radius 1 is 1.38 bits per heavy atom. The van der Waals surface area contributed by atoms with E-state index >= 15 is 0 Å². The van der Waals surface area contributed by atoms with Crippen molar-refractivity contribution in [3.63, 3.8) is 0 Å². The summed E-state index contributed by atoms with van der Waals surface area (Å²) in [6, 6.07) is 8.04. The zero-order valence-corrected chi connectivity index (χ0v) is 12.5. The van der Waals surface area contributed by atoms with Crippen LogP contribution >= 0.6 is 0 Å². The first-order valence-corrected chi connectivity index (χ1v) is 7.54. The minimum absolute atomic E-state index is 0.0852. The fraction of sp³-hybridized carbons (Fsp3) is 0.471. The molecule has 1 N–H and O–H groups in total. The Bertz CT molecular complexity index is 661. The number of nitrogens with zero attached hydrogens (tertiary/aromatic N) is 1. The van der Waals surface area contributed by atoms with E-state index in [4.69, 9.17) is 4.42 Å². The summed E-state index contributed by atoms with van der Waals surface area (Å²) in [5, 5.41) is 10.3. The minimum atomic E-state index is -0.987. The van der Waals surface area contributed by atoms with Gasteiger partial charge in [-0.15, -0.1) is 0 Å². The molecule has 1 aromatic carbocycles. The largest absolute Gasteiger partial charge is 0.475 e. The van der Waals surface area contributed by atoms with E-state index in [1.807, 2.05) is 24.3 Å². The number of fused-ring (bicyclic) bond motifs is 1. The highest BCUT2D eigenvalue weighted by atomic mass is 16.4. The SMILES string of the molecule is CC1CCN(Cc2c(C(=O)O)oc3ccccc23)C(C)C1. The van der Waals surface area contributed by atoms with Crippen LogP contribution in [0.1, 0.15) is 42.8 Å². The van der Waals surface area contributed by atoms with Crippen molar-refractivity contribution in [2.24, 2.45) is 5.92 Å². The highest BCUT2D eigenvalue weighted by Gasteiger charge is 2.27.